The fraction of sp³-hybridized carbons (Fsp3) is 0.545. The highest BCUT2D eigenvalue weighted by molar-refractivity contribution is 8.00. The number of hydrogen-bond acceptors (Lipinski definition) is 13. The molecule has 0 radical (unpaired) electrons. The molecular weight excluding hydrogens is 529 g/mol. The molecule has 1 fully saturated rings. The molecule has 0 unspecified atom stereocenters. The van der Waals surface area contributed by atoms with Gasteiger partial charge < -0.3 is 34.5 Å². The third kappa shape index (κ3) is 6.42. The van der Waals surface area contributed by atoms with Crippen LogP contribution in [0.25, 0.3) is 0 Å². The van der Waals surface area contributed by atoms with Gasteiger partial charge in [0, 0.05) is 12.9 Å². The van der Waals surface area contributed by atoms with E-state index in [1.807, 2.05) is 0 Å². The molecule has 2 amide bonds. The van der Waals surface area contributed by atoms with Gasteiger partial charge in [-0.3, -0.25) is 19.3 Å². The number of carbonyl (C=O) groups excluding carboxylic acids is 4. The minimum absolute atomic E-state index is 0.0447. The molecule has 0 aliphatic carbocycles. The zero-order valence-corrected chi connectivity index (χ0v) is 22.0. The van der Waals surface area contributed by atoms with Gasteiger partial charge in [-0.25, -0.2) is 9.18 Å². The smallest absolute Gasteiger partial charge is 0.358 e. The first-order chi connectivity index (χ1) is 18.0. The lowest BCUT2D eigenvalue weighted by molar-refractivity contribution is -0.173. The Morgan fingerprint density at radius 2 is 2.08 bits per heavy atom. The lowest BCUT2D eigenvalue weighted by atomic mass is 9.98. The number of anilines is 1. The maximum absolute atomic E-state index is 13.1. The number of methoxy groups -OCH3 is 1. The first-order valence-electron chi connectivity index (χ1n) is 11.3. The van der Waals surface area contributed by atoms with Crippen LogP contribution in [0.3, 0.4) is 0 Å². The molecule has 14 nitrogen and oxygen atoms in total. The highest BCUT2D eigenvalue weighted by Gasteiger charge is 2.54. The Balaban J connectivity index is 1.73. The van der Waals surface area contributed by atoms with Crippen LogP contribution in [-0.2, 0) is 38.2 Å². The van der Waals surface area contributed by atoms with Gasteiger partial charge >= 0.3 is 11.9 Å². The Kier molecular flexibility index (Phi) is 9.32. The predicted octanol–water partition coefficient (Wildman–Crippen LogP) is 0.337. The summed E-state index contributed by atoms with van der Waals surface area (Å²) in [4.78, 5) is 60.7. The molecule has 0 spiro atoms. The molecule has 208 valence electrons. The van der Waals surface area contributed by atoms with Gasteiger partial charge in [-0.15, -0.1) is 11.8 Å². The third-order valence-corrected chi connectivity index (χ3v) is 6.48. The number of nitrogens with zero attached hydrogens (tertiary/aromatic N) is 3. The first-order valence-corrected chi connectivity index (χ1v) is 12.3. The number of fused-ring (bicyclic) bond motifs is 1. The summed E-state index contributed by atoms with van der Waals surface area (Å²) in [6, 6.07) is -1.29. The number of nitrogens with two attached hydrogens (primary N) is 1. The van der Waals surface area contributed by atoms with Gasteiger partial charge in [0.05, 0.1) is 12.0 Å². The second-order valence-corrected chi connectivity index (χ2v) is 10.1. The topological polar surface area (TPSA) is 185 Å². The van der Waals surface area contributed by atoms with E-state index in [0.717, 1.165) is 6.26 Å². The van der Waals surface area contributed by atoms with Crippen LogP contribution < -0.4 is 11.1 Å². The fourth-order valence-electron chi connectivity index (χ4n) is 3.33. The second kappa shape index (κ2) is 12.3. The SMILES string of the molecule is COCC1=C(C(=O)OCOC(=O)C(C)(C)C)N2C(=O)[C@@H](NC(=O)/C(=N\OCCF)c3coc(N)n3)[C@H]2SC1. The largest absolute Gasteiger partial charge is 0.432 e. The number of ether oxygens (including phenoxy) is 3. The molecular formula is C22H28FN5O9S. The molecule has 0 bridgehead atoms. The summed E-state index contributed by atoms with van der Waals surface area (Å²) in [5, 5.41) is 5.46. The number of nitrogens with one attached hydrogen (secondary N) is 1. The summed E-state index contributed by atoms with van der Waals surface area (Å²) in [5.41, 5.74) is 4.62. The molecule has 3 heterocycles. The van der Waals surface area contributed by atoms with E-state index < -0.39 is 60.7 Å². The van der Waals surface area contributed by atoms with Crippen molar-refractivity contribution in [1.82, 2.24) is 15.2 Å². The molecule has 1 aromatic heterocycles. The number of oxime groups is 1. The Bertz CT molecular complexity index is 1150. The van der Waals surface area contributed by atoms with Crippen molar-refractivity contribution in [2.75, 3.05) is 45.3 Å². The van der Waals surface area contributed by atoms with Crippen molar-refractivity contribution in [3.63, 3.8) is 0 Å². The number of oxazole rings is 1. The standard InChI is InChI=1S/C22H28FN5O9S/c1-22(2,3)20(32)36-10-35-19(31)15-11(7-33-4)9-38-18-14(17(30)28(15)18)26-16(29)13(27-37-6-5-23)12-8-34-21(24)25-12/h8,14,18H,5-7,9-10H2,1-4H3,(H2,24,25)(H,26,29)/b27-13-/t14-,18-/m1/s1. The lowest BCUT2D eigenvalue weighted by Crippen LogP contribution is -2.71. The molecule has 16 heteroatoms. The van der Waals surface area contributed by atoms with Crippen LogP contribution in [-0.4, -0.2) is 90.3 Å². The molecule has 1 saturated heterocycles. The van der Waals surface area contributed by atoms with Gasteiger partial charge in [-0.05, 0) is 26.3 Å². The van der Waals surface area contributed by atoms with Crippen molar-refractivity contribution in [1.29, 1.82) is 0 Å². The lowest BCUT2D eigenvalue weighted by Gasteiger charge is -2.49. The van der Waals surface area contributed by atoms with E-state index >= 15 is 0 Å². The van der Waals surface area contributed by atoms with E-state index in [0.29, 0.717) is 11.3 Å². The van der Waals surface area contributed by atoms with Crippen LogP contribution in [0.2, 0.25) is 0 Å². The van der Waals surface area contributed by atoms with Crippen molar-refractivity contribution >= 4 is 47.2 Å². The fourth-order valence-corrected chi connectivity index (χ4v) is 4.66. The molecule has 0 aromatic carbocycles. The summed E-state index contributed by atoms with van der Waals surface area (Å²) in [6.07, 6.45) is 1.05. The van der Waals surface area contributed by atoms with Crippen LogP contribution in [0.15, 0.2) is 27.1 Å². The molecule has 2 aliphatic rings. The molecule has 2 aliphatic heterocycles. The van der Waals surface area contributed by atoms with Crippen LogP contribution in [0.4, 0.5) is 10.4 Å². The van der Waals surface area contributed by atoms with Gasteiger partial charge in [-0.2, -0.15) is 4.98 Å². The maximum Gasteiger partial charge on any atom is 0.358 e. The van der Waals surface area contributed by atoms with Crippen molar-refractivity contribution in [3.05, 3.63) is 23.2 Å². The van der Waals surface area contributed by atoms with E-state index in [2.05, 4.69) is 15.5 Å². The predicted molar refractivity (Wildman–Crippen MR) is 130 cm³/mol. The Morgan fingerprint density at radius 1 is 1.34 bits per heavy atom. The summed E-state index contributed by atoms with van der Waals surface area (Å²) < 4.78 is 32.6. The number of nitrogen functional groups attached to an aromatic ring is 1. The summed E-state index contributed by atoms with van der Waals surface area (Å²) in [6.45, 7) is 3.08. The number of halogens is 1. The van der Waals surface area contributed by atoms with E-state index in [1.165, 1.54) is 23.8 Å². The van der Waals surface area contributed by atoms with E-state index in [4.69, 9.17) is 29.2 Å². The first kappa shape index (κ1) is 28.9. The quantitative estimate of drug-likeness (QED) is 0.0951. The molecule has 1 aromatic rings. The molecule has 38 heavy (non-hydrogen) atoms. The van der Waals surface area contributed by atoms with Crippen molar-refractivity contribution in [3.8, 4) is 0 Å². The van der Waals surface area contributed by atoms with Gasteiger partial charge in [0.1, 0.15) is 42.4 Å². The van der Waals surface area contributed by atoms with E-state index in [-0.39, 0.29) is 29.7 Å². The minimum Gasteiger partial charge on any atom is -0.432 e. The number of amides is 2. The maximum atomic E-state index is 13.1. The minimum atomic E-state index is -1.05. The normalized spacial score (nSPS) is 19.4. The monoisotopic (exact) mass is 557 g/mol. The Labute approximate surface area is 221 Å². The highest BCUT2D eigenvalue weighted by atomic mass is 32.2. The third-order valence-electron chi connectivity index (χ3n) is 5.14. The summed E-state index contributed by atoms with van der Waals surface area (Å²) in [7, 11) is 1.43. The van der Waals surface area contributed by atoms with Crippen molar-refractivity contribution < 1.29 is 47.0 Å². The zero-order chi connectivity index (χ0) is 28.0. The second-order valence-electron chi connectivity index (χ2n) is 9.01. The summed E-state index contributed by atoms with van der Waals surface area (Å²) >= 11 is 1.29. The van der Waals surface area contributed by atoms with Crippen LogP contribution >= 0.6 is 11.8 Å². The number of hydrogen-bond donors (Lipinski definition) is 2. The Morgan fingerprint density at radius 3 is 2.68 bits per heavy atom. The van der Waals surface area contributed by atoms with Gasteiger partial charge in [0.2, 0.25) is 6.79 Å². The van der Waals surface area contributed by atoms with E-state index in [9.17, 15) is 23.6 Å². The number of esters is 2. The van der Waals surface area contributed by atoms with Gasteiger partial charge in [-0.1, -0.05) is 5.16 Å². The summed E-state index contributed by atoms with van der Waals surface area (Å²) in [5.74, 6) is -2.63. The Hall–Kier alpha value is -3.66. The molecule has 3 N–H and O–H groups in total. The van der Waals surface area contributed by atoms with Crippen LogP contribution in [0.1, 0.15) is 26.5 Å². The van der Waals surface area contributed by atoms with Crippen molar-refractivity contribution in [2.45, 2.75) is 32.2 Å². The van der Waals surface area contributed by atoms with Crippen LogP contribution in [0.5, 0.6) is 0 Å². The average Bonchev–Trinajstić information content (AvgIpc) is 3.29. The van der Waals surface area contributed by atoms with Gasteiger partial charge in [0.15, 0.2) is 5.71 Å². The van der Waals surface area contributed by atoms with Crippen molar-refractivity contribution in [2.24, 2.45) is 10.6 Å². The molecule has 2 atom stereocenters. The number of alkyl halides is 1. The number of thioether (sulfide) groups is 1. The number of rotatable bonds is 11. The number of β-lactam (4-membered cyclic amide) rings is 1. The molecule has 3 rings (SSSR count). The average molecular weight is 558 g/mol. The number of carbonyl (C=O) groups is 4. The van der Waals surface area contributed by atoms with E-state index in [1.54, 1.807) is 20.8 Å². The van der Waals surface area contributed by atoms with Gasteiger partial charge in [0.25, 0.3) is 17.8 Å². The number of aromatic nitrogens is 1. The highest BCUT2D eigenvalue weighted by Crippen LogP contribution is 2.40. The molecule has 0 saturated carbocycles. The van der Waals surface area contributed by atoms with Crippen LogP contribution in [0, 0.1) is 5.41 Å². The zero-order valence-electron chi connectivity index (χ0n) is 21.1.